The van der Waals surface area contributed by atoms with E-state index in [1.54, 1.807) is 0 Å². The van der Waals surface area contributed by atoms with Gasteiger partial charge in [0.25, 0.3) is 0 Å². The van der Waals surface area contributed by atoms with E-state index in [2.05, 4.69) is 23.9 Å². The number of oxime groups is 1. The number of hydrogen-bond donors (Lipinski definition) is 2. The summed E-state index contributed by atoms with van der Waals surface area (Å²) in [5.74, 6) is 1.19. The molecule has 4 heteroatoms. The predicted molar refractivity (Wildman–Crippen MR) is 66.7 cm³/mol. The molecule has 0 spiro atoms. The summed E-state index contributed by atoms with van der Waals surface area (Å²) in [5, 5.41) is 11.7. The molecule has 1 rings (SSSR count). The molecule has 0 aromatic rings. The van der Waals surface area contributed by atoms with Crippen molar-refractivity contribution in [3.63, 3.8) is 0 Å². The minimum absolute atomic E-state index is 0.326. The Kier molecular flexibility index (Phi) is 5.60. The third-order valence-corrected chi connectivity index (χ3v) is 3.51. The zero-order valence-electron chi connectivity index (χ0n) is 10.5. The second-order valence-electron chi connectivity index (χ2n) is 4.98. The minimum Gasteiger partial charge on any atom is -0.409 e. The number of rotatable bonds is 5. The molecule has 1 fully saturated rings. The lowest BCUT2D eigenvalue weighted by Crippen LogP contribution is -2.43. The first kappa shape index (κ1) is 13.3. The fourth-order valence-corrected chi connectivity index (χ4v) is 2.53. The molecular formula is C12H25N3O. The summed E-state index contributed by atoms with van der Waals surface area (Å²) in [6.45, 7) is 6.13. The monoisotopic (exact) mass is 227 g/mol. The molecule has 0 atom stereocenters. The van der Waals surface area contributed by atoms with Crippen LogP contribution < -0.4 is 5.73 Å². The van der Waals surface area contributed by atoms with Gasteiger partial charge in [0.15, 0.2) is 5.84 Å². The van der Waals surface area contributed by atoms with Gasteiger partial charge in [-0.05, 0) is 44.6 Å². The van der Waals surface area contributed by atoms with Gasteiger partial charge in [0.1, 0.15) is 0 Å². The molecule has 0 aromatic heterocycles. The standard InChI is InChI=1S/C12H25N3O/c1-3-8-15(9-12(13)14-16)11-6-4-10(2)5-7-11/h10-11,16H,3-9H2,1-2H3,(H2,13,14). The van der Waals surface area contributed by atoms with Crippen molar-refractivity contribution in [3.8, 4) is 0 Å². The Hall–Kier alpha value is -0.770. The van der Waals surface area contributed by atoms with Crippen LogP contribution in [0.5, 0.6) is 0 Å². The molecule has 1 aliphatic rings. The zero-order valence-corrected chi connectivity index (χ0v) is 10.5. The molecule has 0 heterocycles. The average Bonchev–Trinajstić information content (AvgIpc) is 2.29. The van der Waals surface area contributed by atoms with E-state index in [0.717, 1.165) is 18.9 Å². The van der Waals surface area contributed by atoms with E-state index < -0.39 is 0 Å². The van der Waals surface area contributed by atoms with Gasteiger partial charge in [-0.15, -0.1) is 0 Å². The number of nitrogens with zero attached hydrogens (tertiary/aromatic N) is 2. The van der Waals surface area contributed by atoms with Crippen molar-refractivity contribution in [1.29, 1.82) is 0 Å². The van der Waals surface area contributed by atoms with Crippen LogP contribution in [0.25, 0.3) is 0 Å². The van der Waals surface area contributed by atoms with Gasteiger partial charge in [0.05, 0.1) is 6.54 Å². The molecule has 4 nitrogen and oxygen atoms in total. The highest BCUT2D eigenvalue weighted by Gasteiger charge is 2.23. The molecule has 0 unspecified atom stereocenters. The van der Waals surface area contributed by atoms with Crippen LogP contribution in [0.15, 0.2) is 5.16 Å². The van der Waals surface area contributed by atoms with E-state index in [1.165, 1.54) is 25.7 Å². The lowest BCUT2D eigenvalue weighted by Gasteiger charge is -2.35. The van der Waals surface area contributed by atoms with Crippen LogP contribution >= 0.6 is 0 Å². The van der Waals surface area contributed by atoms with Crippen LogP contribution in [-0.4, -0.2) is 35.1 Å². The topological polar surface area (TPSA) is 61.8 Å². The Morgan fingerprint density at radius 2 is 2.00 bits per heavy atom. The van der Waals surface area contributed by atoms with Gasteiger partial charge in [-0.3, -0.25) is 4.90 Å². The highest BCUT2D eigenvalue weighted by molar-refractivity contribution is 5.81. The summed E-state index contributed by atoms with van der Waals surface area (Å²) < 4.78 is 0. The van der Waals surface area contributed by atoms with Gasteiger partial charge >= 0.3 is 0 Å². The third-order valence-electron chi connectivity index (χ3n) is 3.51. The van der Waals surface area contributed by atoms with E-state index in [0.29, 0.717) is 18.4 Å². The summed E-state index contributed by atoms with van der Waals surface area (Å²) in [6.07, 6.45) is 6.23. The van der Waals surface area contributed by atoms with Crippen molar-refractivity contribution in [2.45, 2.75) is 52.0 Å². The Balaban J connectivity index is 2.48. The van der Waals surface area contributed by atoms with Crippen molar-refractivity contribution in [3.05, 3.63) is 0 Å². The maximum Gasteiger partial charge on any atom is 0.153 e. The number of amidine groups is 1. The summed E-state index contributed by atoms with van der Waals surface area (Å²) in [6, 6.07) is 0.622. The average molecular weight is 227 g/mol. The van der Waals surface area contributed by atoms with Crippen LogP contribution in [0, 0.1) is 5.92 Å². The summed E-state index contributed by atoms with van der Waals surface area (Å²) in [7, 11) is 0. The molecule has 3 N–H and O–H groups in total. The first-order valence-corrected chi connectivity index (χ1v) is 6.37. The summed E-state index contributed by atoms with van der Waals surface area (Å²) in [4.78, 5) is 2.36. The van der Waals surface area contributed by atoms with Crippen molar-refractivity contribution in [1.82, 2.24) is 4.90 Å². The van der Waals surface area contributed by atoms with Crippen molar-refractivity contribution in [2.24, 2.45) is 16.8 Å². The second-order valence-corrected chi connectivity index (χ2v) is 4.98. The maximum atomic E-state index is 8.63. The van der Waals surface area contributed by atoms with Crippen molar-refractivity contribution >= 4 is 5.84 Å². The fraction of sp³-hybridized carbons (Fsp3) is 0.917. The van der Waals surface area contributed by atoms with Gasteiger partial charge < -0.3 is 10.9 Å². The fourth-order valence-electron chi connectivity index (χ4n) is 2.53. The quantitative estimate of drug-likeness (QED) is 0.327. The van der Waals surface area contributed by atoms with Gasteiger partial charge in [-0.25, -0.2) is 0 Å². The van der Waals surface area contributed by atoms with E-state index in [-0.39, 0.29) is 0 Å². The highest BCUT2D eigenvalue weighted by Crippen LogP contribution is 2.27. The largest absolute Gasteiger partial charge is 0.409 e. The van der Waals surface area contributed by atoms with Crippen LogP contribution in [0.3, 0.4) is 0 Å². The normalized spacial score (nSPS) is 27.3. The van der Waals surface area contributed by atoms with Crippen LogP contribution in [0.2, 0.25) is 0 Å². The van der Waals surface area contributed by atoms with E-state index in [1.807, 2.05) is 0 Å². The molecule has 0 amide bonds. The molecule has 1 aliphatic carbocycles. The van der Waals surface area contributed by atoms with Crippen molar-refractivity contribution in [2.75, 3.05) is 13.1 Å². The van der Waals surface area contributed by atoms with Gasteiger partial charge in [0.2, 0.25) is 0 Å². The van der Waals surface area contributed by atoms with E-state index >= 15 is 0 Å². The van der Waals surface area contributed by atoms with Crippen molar-refractivity contribution < 1.29 is 5.21 Å². The first-order valence-electron chi connectivity index (χ1n) is 6.37. The molecule has 0 radical (unpaired) electrons. The molecule has 94 valence electrons. The van der Waals surface area contributed by atoms with E-state index in [9.17, 15) is 0 Å². The molecule has 16 heavy (non-hydrogen) atoms. The molecule has 0 aliphatic heterocycles. The summed E-state index contributed by atoms with van der Waals surface area (Å²) >= 11 is 0. The third kappa shape index (κ3) is 4.00. The lowest BCUT2D eigenvalue weighted by molar-refractivity contribution is 0.156. The first-order chi connectivity index (χ1) is 7.67. The molecule has 0 bridgehead atoms. The van der Waals surface area contributed by atoms with E-state index in [4.69, 9.17) is 10.9 Å². The molecule has 0 saturated heterocycles. The van der Waals surface area contributed by atoms with Crippen LogP contribution in [-0.2, 0) is 0 Å². The SMILES string of the molecule is CCCN(CC(N)=NO)C1CCC(C)CC1. The predicted octanol–water partition coefficient (Wildman–Crippen LogP) is 2.02. The number of hydrogen-bond acceptors (Lipinski definition) is 3. The molecule has 1 saturated carbocycles. The Labute approximate surface area is 98.5 Å². The van der Waals surface area contributed by atoms with Crippen LogP contribution in [0.4, 0.5) is 0 Å². The van der Waals surface area contributed by atoms with Gasteiger partial charge in [-0.1, -0.05) is 19.0 Å². The summed E-state index contributed by atoms with van der Waals surface area (Å²) in [5.41, 5.74) is 5.60. The smallest absolute Gasteiger partial charge is 0.153 e. The molecular weight excluding hydrogens is 202 g/mol. The minimum atomic E-state index is 0.326. The lowest BCUT2D eigenvalue weighted by atomic mass is 9.86. The Morgan fingerprint density at radius 3 is 2.50 bits per heavy atom. The highest BCUT2D eigenvalue weighted by atomic mass is 16.4. The van der Waals surface area contributed by atoms with Crippen LogP contribution in [0.1, 0.15) is 46.0 Å². The maximum absolute atomic E-state index is 8.63. The van der Waals surface area contributed by atoms with Gasteiger partial charge in [-0.2, -0.15) is 0 Å². The van der Waals surface area contributed by atoms with Gasteiger partial charge in [0, 0.05) is 6.04 Å². The second kappa shape index (κ2) is 6.74. The Bertz CT molecular complexity index is 222. The number of nitrogens with two attached hydrogens (primary N) is 1. The zero-order chi connectivity index (χ0) is 12.0. The molecule has 0 aromatic carbocycles. The Morgan fingerprint density at radius 1 is 1.38 bits per heavy atom.